The summed E-state index contributed by atoms with van der Waals surface area (Å²) in [5, 5.41) is 3.00. The molecular weight excluding hydrogens is 246 g/mol. The van der Waals surface area contributed by atoms with E-state index in [1.807, 2.05) is 18.2 Å². The molecule has 1 aromatic rings. The summed E-state index contributed by atoms with van der Waals surface area (Å²) in [5.74, 6) is 1.78. The minimum absolute atomic E-state index is 0.487. The highest BCUT2D eigenvalue weighted by atomic mass is 16.6. The van der Waals surface area contributed by atoms with Gasteiger partial charge >= 0.3 is 0 Å². The minimum atomic E-state index is -1.21. The summed E-state index contributed by atoms with van der Waals surface area (Å²) in [4.78, 5) is 10.9. The van der Waals surface area contributed by atoms with E-state index in [-0.39, 0.29) is 0 Å². The van der Waals surface area contributed by atoms with Gasteiger partial charge in [0.15, 0.2) is 11.5 Å². The van der Waals surface area contributed by atoms with Gasteiger partial charge in [-0.15, -0.1) is 4.91 Å². The minimum Gasteiger partial charge on any atom is -0.493 e. The zero-order valence-corrected chi connectivity index (χ0v) is 10.7. The first kappa shape index (κ1) is 11.8. The van der Waals surface area contributed by atoms with E-state index >= 15 is 0 Å². The Kier molecular flexibility index (Phi) is 2.55. The first-order chi connectivity index (χ1) is 9.17. The van der Waals surface area contributed by atoms with Crippen molar-refractivity contribution in [3.63, 3.8) is 0 Å². The van der Waals surface area contributed by atoms with Crippen LogP contribution in [0.2, 0.25) is 0 Å². The average molecular weight is 259 g/mol. The lowest BCUT2D eigenvalue weighted by Crippen LogP contribution is -2.29. The number of fused-ring (bicyclic) bond motifs is 3. The summed E-state index contributed by atoms with van der Waals surface area (Å²) in [6.07, 6.45) is 7.31. The molecule has 0 amide bonds. The van der Waals surface area contributed by atoms with Crippen LogP contribution in [0.1, 0.15) is 18.1 Å². The van der Waals surface area contributed by atoms with Gasteiger partial charge in [-0.3, -0.25) is 0 Å². The van der Waals surface area contributed by atoms with Gasteiger partial charge in [0.05, 0.1) is 12.7 Å². The Morgan fingerprint density at radius 1 is 1.37 bits per heavy atom. The standard InChI is InChI=1S/C14H13NO4/c1-14(15-16)6-5-10-12-9(4-3-7-18-12)8-11(17-2)13(10)19-14/h3-6,8H,7H2,1-2H3. The van der Waals surface area contributed by atoms with Crippen molar-refractivity contribution in [3.05, 3.63) is 34.3 Å². The predicted octanol–water partition coefficient (Wildman–Crippen LogP) is 2.99. The molecule has 0 radical (unpaired) electrons. The second-order valence-electron chi connectivity index (χ2n) is 4.53. The Labute approximate surface area is 110 Å². The average Bonchev–Trinajstić information content (AvgIpc) is 2.46. The van der Waals surface area contributed by atoms with Gasteiger partial charge in [-0.05, 0) is 29.5 Å². The van der Waals surface area contributed by atoms with Gasteiger partial charge in [0, 0.05) is 12.5 Å². The molecule has 2 heterocycles. The summed E-state index contributed by atoms with van der Waals surface area (Å²) in [7, 11) is 1.56. The molecule has 1 aromatic carbocycles. The van der Waals surface area contributed by atoms with Crippen LogP contribution in [0.25, 0.3) is 12.2 Å². The van der Waals surface area contributed by atoms with Crippen molar-refractivity contribution in [2.24, 2.45) is 5.18 Å². The van der Waals surface area contributed by atoms with Crippen molar-refractivity contribution in [3.8, 4) is 17.2 Å². The third-order valence-electron chi connectivity index (χ3n) is 3.15. The number of methoxy groups -OCH3 is 1. The van der Waals surface area contributed by atoms with E-state index < -0.39 is 5.72 Å². The molecule has 1 unspecified atom stereocenters. The third kappa shape index (κ3) is 1.78. The van der Waals surface area contributed by atoms with Crippen molar-refractivity contribution in [2.75, 3.05) is 13.7 Å². The van der Waals surface area contributed by atoms with Crippen molar-refractivity contribution < 1.29 is 14.2 Å². The Morgan fingerprint density at radius 2 is 2.21 bits per heavy atom. The van der Waals surface area contributed by atoms with Crippen LogP contribution in [0.4, 0.5) is 0 Å². The molecule has 2 aliphatic rings. The summed E-state index contributed by atoms with van der Waals surface area (Å²) in [6, 6.07) is 1.83. The van der Waals surface area contributed by atoms with Gasteiger partial charge in [0.1, 0.15) is 12.4 Å². The maximum Gasteiger partial charge on any atom is 0.255 e. The number of rotatable bonds is 2. The number of hydrogen-bond donors (Lipinski definition) is 0. The predicted molar refractivity (Wildman–Crippen MR) is 71.4 cm³/mol. The maximum absolute atomic E-state index is 10.9. The quantitative estimate of drug-likeness (QED) is 0.766. The van der Waals surface area contributed by atoms with Crippen molar-refractivity contribution >= 4 is 12.2 Å². The smallest absolute Gasteiger partial charge is 0.255 e. The van der Waals surface area contributed by atoms with Crippen LogP contribution < -0.4 is 14.2 Å². The SMILES string of the molecule is COc1cc2c(c3c1OC(C)(N=O)C=C3)OCC=C2. The number of nitroso groups, excluding NO2 is 1. The molecule has 0 aliphatic carbocycles. The summed E-state index contributed by atoms with van der Waals surface area (Å²) < 4.78 is 16.6. The molecule has 2 aliphatic heterocycles. The van der Waals surface area contributed by atoms with Crippen LogP contribution in [0.3, 0.4) is 0 Å². The highest BCUT2D eigenvalue weighted by molar-refractivity contribution is 5.78. The molecule has 5 heteroatoms. The summed E-state index contributed by atoms with van der Waals surface area (Å²) in [6.45, 7) is 2.11. The first-order valence-corrected chi connectivity index (χ1v) is 5.94. The molecule has 0 aromatic heterocycles. The summed E-state index contributed by atoms with van der Waals surface area (Å²) >= 11 is 0. The molecular formula is C14H13NO4. The van der Waals surface area contributed by atoms with E-state index in [9.17, 15) is 4.91 Å². The van der Waals surface area contributed by atoms with Gasteiger partial charge in [0.2, 0.25) is 0 Å². The Hall–Kier alpha value is -2.30. The van der Waals surface area contributed by atoms with Crippen LogP contribution >= 0.6 is 0 Å². The Balaban J connectivity index is 2.22. The number of nitrogens with zero attached hydrogens (tertiary/aromatic N) is 1. The van der Waals surface area contributed by atoms with Gasteiger partial charge in [-0.2, -0.15) is 0 Å². The van der Waals surface area contributed by atoms with Crippen LogP contribution in [0.5, 0.6) is 17.2 Å². The van der Waals surface area contributed by atoms with Crippen LogP contribution in [-0.4, -0.2) is 19.4 Å². The molecule has 0 saturated heterocycles. The van der Waals surface area contributed by atoms with Crippen molar-refractivity contribution in [1.29, 1.82) is 0 Å². The molecule has 0 bridgehead atoms. The number of hydrogen-bond acceptors (Lipinski definition) is 5. The topological polar surface area (TPSA) is 57.1 Å². The van der Waals surface area contributed by atoms with Crippen molar-refractivity contribution in [2.45, 2.75) is 12.6 Å². The van der Waals surface area contributed by atoms with E-state index in [4.69, 9.17) is 14.2 Å². The van der Waals surface area contributed by atoms with Crippen LogP contribution in [0.15, 0.2) is 23.4 Å². The molecule has 1 atom stereocenters. The van der Waals surface area contributed by atoms with E-state index in [0.717, 1.165) is 16.9 Å². The largest absolute Gasteiger partial charge is 0.493 e. The lowest BCUT2D eigenvalue weighted by atomic mass is 10.0. The van der Waals surface area contributed by atoms with E-state index in [0.29, 0.717) is 18.1 Å². The third-order valence-corrected chi connectivity index (χ3v) is 3.15. The van der Waals surface area contributed by atoms with Gasteiger partial charge in [-0.1, -0.05) is 6.08 Å². The second-order valence-corrected chi connectivity index (χ2v) is 4.53. The molecule has 98 valence electrons. The van der Waals surface area contributed by atoms with E-state index in [1.54, 1.807) is 26.2 Å². The number of ether oxygens (including phenoxy) is 3. The second kappa shape index (κ2) is 4.12. The summed E-state index contributed by atoms with van der Waals surface area (Å²) in [5.41, 5.74) is 0.497. The van der Waals surface area contributed by atoms with Crippen LogP contribution in [0, 0.1) is 4.91 Å². The highest BCUT2D eigenvalue weighted by Gasteiger charge is 2.33. The zero-order valence-electron chi connectivity index (χ0n) is 10.7. The fourth-order valence-corrected chi connectivity index (χ4v) is 2.19. The van der Waals surface area contributed by atoms with E-state index in [2.05, 4.69) is 5.18 Å². The fourth-order valence-electron chi connectivity index (χ4n) is 2.19. The molecule has 3 rings (SSSR count). The molecule has 0 spiro atoms. The van der Waals surface area contributed by atoms with E-state index in [1.165, 1.54) is 0 Å². The monoisotopic (exact) mass is 259 g/mol. The van der Waals surface area contributed by atoms with Gasteiger partial charge in [-0.25, -0.2) is 0 Å². The van der Waals surface area contributed by atoms with Crippen molar-refractivity contribution in [1.82, 2.24) is 0 Å². The maximum atomic E-state index is 10.9. The lowest BCUT2D eigenvalue weighted by molar-refractivity contribution is 0.139. The number of benzene rings is 1. The molecule has 5 nitrogen and oxygen atoms in total. The van der Waals surface area contributed by atoms with Gasteiger partial charge in [0.25, 0.3) is 5.72 Å². The normalized spacial score (nSPS) is 22.8. The first-order valence-electron chi connectivity index (χ1n) is 5.94. The fraction of sp³-hybridized carbons (Fsp3) is 0.286. The molecule has 0 N–H and O–H groups in total. The molecule has 0 fully saturated rings. The highest BCUT2D eigenvalue weighted by Crippen LogP contribution is 2.46. The van der Waals surface area contributed by atoms with Gasteiger partial charge < -0.3 is 14.2 Å². The van der Waals surface area contributed by atoms with Crippen LogP contribution in [-0.2, 0) is 0 Å². The Morgan fingerprint density at radius 3 is 2.95 bits per heavy atom. The lowest BCUT2D eigenvalue weighted by Gasteiger charge is -2.28. The zero-order chi connectivity index (χ0) is 13.5. The molecule has 19 heavy (non-hydrogen) atoms. The Bertz CT molecular complexity index is 606. The molecule has 0 saturated carbocycles.